The van der Waals surface area contributed by atoms with E-state index in [-0.39, 0.29) is 29.7 Å². The first kappa shape index (κ1) is 15.3. The summed E-state index contributed by atoms with van der Waals surface area (Å²) in [5.74, 6) is 0.477. The number of hydrogen-bond acceptors (Lipinski definition) is 2. The van der Waals surface area contributed by atoms with Crippen LogP contribution in [-0.2, 0) is 9.59 Å². The molecule has 0 bridgehead atoms. The molecule has 2 aliphatic rings. The summed E-state index contributed by atoms with van der Waals surface area (Å²) in [6.45, 7) is 5.72. The van der Waals surface area contributed by atoms with Crippen molar-refractivity contribution in [3.05, 3.63) is 0 Å². The lowest BCUT2D eigenvalue weighted by molar-refractivity contribution is -0.138. The predicted molar refractivity (Wildman–Crippen MR) is 79.2 cm³/mol. The average molecular weight is 280 g/mol. The molecule has 1 N–H and O–H groups in total. The van der Waals surface area contributed by atoms with Crippen LogP contribution in [-0.4, -0.2) is 35.8 Å². The third-order valence-corrected chi connectivity index (χ3v) is 4.62. The second-order valence-electron chi connectivity index (χ2n) is 6.60. The highest BCUT2D eigenvalue weighted by Crippen LogP contribution is 2.24. The third-order valence-electron chi connectivity index (χ3n) is 4.62. The molecule has 1 aliphatic heterocycles. The van der Waals surface area contributed by atoms with Crippen molar-refractivity contribution < 1.29 is 9.59 Å². The van der Waals surface area contributed by atoms with Crippen LogP contribution in [0.2, 0.25) is 0 Å². The van der Waals surface area contributed by atoms with Gasteiger partial charge in [0.2, 0.25) is 11.8 Å². The summed E-state index contributed by atoms with van der Waals surface area (Å²) in [6, 6.07) is -0.345. The van der Waals surface area contributed by atoms with E-state index in [1.165, 1.54) is 6.42 Å². The lowest BCUT2D eigenvalue weighted by Crippen LogP contribution is -2.52. The molecule has 4 nitrogen and oxygen atoms in total. The van der Waals surface area contributed by atoms with Gasteiger partial charge in [0.15, 0.2) is 0 Å². The second-order valence-corrected chi connectivity index (χ2v) is 6.60. The molecule has 2 fully saturated rings. The van der Waals surface area contributed by atoms with Crippen LogP contribution in [0.5, 0.6) is 0 Å². The normalized spacial score (nSPS) is 22.1. The molecule has 2 amide bonds. The van der Waals surface area contributed by atoms with Gasteiger partial charge in [-0.1, -0.05) is 33.1 Å². The number of nitrogens with zero attached hydrogens (tertiary/aromatic N) is 1. The Labute approximate surface area is 122 Å². The first-order valence-electron chi connectivity index (χ1n) is 8.18. The van der Waals surface area contributed by atoms with Gasteiger partial charge in [-0.15, -0.1) is 0 Å². The van der Waals surface area contributed by atoms with E-state index in [0.717, 1.165) is 51.6 Å². The van der Waals surface area contributed by atoms with Crippen LogP contribution in [0.15, 0.2) is 0 Å². The number of carbonyl (C=O) groups excluding carboxylic acids is 2. The topological polar surface area (TPSA) is 49.4 Å². The fraction of sp³-hybridized carbons (Fsp3) is 0.875. The predicted octanol–water partition coefficient (Wildman–Crippen LogP) is 2.33. The molecule has 0 spiro atoms. The van der Waals surface area contributed by atoms with E-state index in [1.807, 2.05) is 18.7 Å². The van der Waals surface area contributed by atoms with Gasteiger partial charge in [0, 0.05) is 19.0 Å². The van der Waals surface area contributed by atoms with Gasteiger partial charge in [-0.25, -0.2) is 0 Å². The molecule has 1 heterocycles. The molecule has 0 radical (unpaired) electrons. The van der Waals surface area contributed by atoms with Crippen molar-refractivity contribution in [3.8, 4) is 0 Å². The number of nitrogens with one attached hydrogen (secondary N) is 1. The molecule has 2 rings (SSSR count). The molecule has 1 saturated carbocycles. The Balaban J connectivity index is 1.94. The fourth-order valence-electron chi connectivity index (χ4n) is 3.28. The minimum Gasteiger partial charge on any atom is -0.344 e. The zero-order chi connectivity index (χ0) is 14.5. The van der Waals surface area contributed by atoms with Gasteiger partial charge in [-0.05, 0) is 31.6 Å². The number of rotatable bonds is 4. The molecular weight excluding hydrogens is 252 g/mol. The Morgan fingerprint density at radius 3 is 2.15 bits per heavy atom. The Morgan fingerprint density at radius 1 is 1.00 bits per heavy atom. The van der Waals surface area contributed by atoms with E-state index in [4.69, 9.17) is 0 Å². The Bertz CT molecular complexity index is 342. The van der Waals surface area contributed by atoms with Crippen molar-refractivity contribution in [1.82, 2.24) is 10.2 Å². The molecule has 114 valence electrons. The summed E-state index contributed by atoms with van der Waals surface area (Å²) in [4.78, 5) is 26.8. The zero-order valence-corrected chi connectivity index (χ0v) is 12.9. The molecule has 1 aliphatic carbocycles. The number of amides is 2. The van der Waals surface area contributed by atoms with Crippen LogP contribution in [0.4, 0.5) is 0 Å². The van der Waals surface area contributed by atoms with Gasteiger partial charge in [0.05, 0.1) is 0 Å². The minimum atomic E-state index is -0.345. The van der Waals surface area contributed by atoms with Gasteiger partial charge >= 0.3 is 0 Å². The molecule has 4 heteroatoms. The van der Waals surface area contributed by atoms with E-state index in [0.29, 0.717) is 0 Å². The van der Waals surface area contributed by atoms with Crippen molar-refractivity contribution in [1.29, 1.82) is 0 Å². The van der Waals surface area contributed by atoms with Crippen LogP contribution in [0.3, 0.4) is 0 Å². The monoisotopic (exact) mass is 280 g/mol. The first-order chi connectivity index (χ1) is 9.59. The van der Waals surface area contributed by atoms with E-state index >= 15 is 0 Å². The number of likely N-dealkylation sites (tertiary alicyclic amines) is 1. The highest BCUT2D eigenvalue weighted by molar-refractivity contribution is 5.88. The van der Waals surface area contributed by atoms with Gasteiger partial charge in [0.25, 0.3) is 0 Å². The number of carbonyl (C=O) groups is 2. The standard InChI is InChI=1S/C16H28N2O2/c1-12(2)14(16(20)18-10-6-7-11-18)17-15(19)13-8-4-3-5-9-13/h12-14H,3-11H2,1-2H3,(H,17,19). The van der Waals surface area contributed by atoms with Gasteiger partial charge in [-0.3, -0.25) is 9.59 Å². The summed E-state index contributed by atoms with van der Waals surface area (Å²) in [7, 11) is 0. The van der Waals surface area contributed by atoms with Crippen molar-refractivity contribution in [2.24, 2.45) is 11.8 Å². The molecule has 1 saturated heterocycles. The van der Waals surface area contributed by atoms with Crippen LogP contribution >= 0.6 is 0 Å². The highest BCUT2D eigenvalue weighted by atomic mass is 16.2. The average Bonchev–Trinajstić information content (AvgIpc) is 2.98. The van der Waals surface area contributed by atoms with E-state index in [9.17, 15) is 9.59 Å². The van der Waals surface area contributed by atoms with E-state index in [2.05, 4.69) is 5.32 Å². The summed E-state index contributed by atoms with van der Waals surface area (Å²) < 4.78 is 0. The molecule has 1 atom stereocenters. The Kier molecular flexibility index (Phi) is 5.44. The van der Waals surface area contributed by atoms with Gasteiger partial charge in [0.1, 0.15) is 6.04 Å². The van der Waals surface area contributed by atoms with Crippen LogP contribution in [0.25, 0.3) is 0 Å². The maximum atomic E-state index is 12.5. The molecule has 0 aromatic carbocycles. The van der Waals surface area contributed by atoms with E-state index < -0.39 is 0 Å². The zero-order valence-electron chi connectivity index (χ0n) is 12.9. The SMILES string of the molecule is CC(C)C(NC(=O)C1CCCCC1)C(=O)N1CCCC1. The van der Waals surface area contributed by atoms with Crippen molar-refractivity contribution >= 4 is 11.8 Å². The van der Waals surface area contributed by atoms with Crippen molar-refractivity contribution in [2.45, 2.75) is 64.8 Å². The molecular formula is C16H28N2O2. The molecule has 0 aromatic heterocycles. The summed E-state index contributed by atoms with van der Waals surface area (Å²) in [6.07, 6.45) is 7.67. The fourth-order valence-corrected chi connectivity index (χ4v) is 3.28. The summed E-state index contributed by atoms with van der Waals surface area (Å²) in [5, 5.41) is 3.03. The minimum absolute atomic E-state index is 0.0935. The third kappa shape index (κ3) is 3.74. The smallest absolute Gasteiger partial charge is 0.245 e. The Morgan fingerprint density at radius 2 is 1.60 bits per heavy atom. The summed E-state index contributed by atoms with van der Waals surface area (Å²) >= 11 is 0. The van der Waals surface area contributed by atoms with E-state index in [1.54, 1.807) is 0 Å². The molecule has 1 unspecified atom stereocenters. The highest BCUT2D eigenvalue weighted by Gasteiger charge is 2.32. The van der Waals surface area contributed by atoms with Crippen molar-refractivity contribution in [3.63, 3.8) is 0 Å². The van der Waals surface area contributed by atoms with Crippen LogP contribution in [0.1, 0.15) is 58.8 Å². The summed E-state index contributed by atoms with van der Waals surface area (Å²) in [5.41, 5.74) is 0. The lowest BCUT2D eigenvalue weighted by Gasteiger charge is -2.29. The molecule has 0 aromatic rings. The second kappa shape index (κ2) is 7.09. The maximum Gasteiger partial charge on any atom is 0.245 e. The lowest BCUT2D eigenvalue weighted by atomic mass is 9.88. The first-order valence-corrected chi connectivity index (χ1v) is 8.18. The van der Waals surface area contributed by atoms with Gasteiger partial charge in [-0.2, -0.15) is 0 Å². The van der Waals surface area contributed by atoms with Crippen LogP contribution in [0, 0.1) is 11.8 Å². The maximum absolute atomic E-state index is 12.5. The molecule has 20 heavy (non-hydrogen) atoms. The van der Waals surface area contributed by atoms with Crippen molar-refractivity contribution in [2.75, 3.05) is 13.1 Å². The van der Waals surface area contributed by atoms with Crippen LogP contribution < -0.4 is 5.32 Å². The number of hydrogen-bond donors (Lipinski definition) is 1. The largest absolute Gasteiger partial charge is 0.344 e. The Hall–Kier alpha value is -1.06. The van der Waals surface area contributed by atoms with Gasteiger partial charge < -0.3 is 10.2 Å². The quantitative estimate of drug-likeness (QED) is 0.859.